The van der Waals surface area contributed by atoms with Crippen molar-refractivity contribution in [1.82, 2.24) is 10.3 Å². The molecule has 0 aliphatic heterocycles. The molecule has 0 radical (unpaired) electrons. The lowest BCUT2D eigenvalue weighted by Crippen LogP contribution is -2.33. The lowest BCUT2D eigenvalue weighted by atomic mass is 10.0. The highest BCUT2D eigenvalue weighted by atomic mass is 31.2. The van der Waals surface area contributed by atoms with Gasteiger partial charge in [-0.15, -0.1) is 0 Å². The van der Waals surface area contributed by atoms with Crippen molar-refractivity contribution in [3.05, 3.63) is 65.2 Å². The van der Waals surface area contributed by atoms with Gasteiger partial charge in [0, 0.05) is 19.5 Å². The van der Waals surface area contributed by atoms with Gasteiger partial charge in [0.05, 0.1) is 19.2 Å². The molecule has 2 aromatic carbocycles. The third-order valence-corrected chi connectivity index (χ3v) is 9.55. The van der Waals surface area contributed by atoms with E-state index in [4.69, 9.17) is 9.47 Å². The Morgan fingerprint density at radius 3 is 2.42 bits per heavy atom. The van der Waals surface area contributed by atoms with Gasteiger partial charge in [-0.3, -0.25) is 14.2 Å². The fraction of sp³-hybridized carbons (Fsp3) is 0.464. The predicted octanol–water partition coefficient (Wildman–Crippen LogP) is 2.33. The zero-order chi connectivity index (χ0) is 32.0. The number of nitrogens with one attached hydrogen (secondary N) is 1. The number of hydrazone groups is 1. The van der Waals surface area contributed by atoms with Crippen molar-refractivity contribution in [1.29, 1.82) is 0 Å². The van der Waals surface area contributed by atoms with Gasteiger partial charge in [-0.1, -0.05) is 50.2 Å². The topological polar surface area (TPSA) is 198 Å². The predicted molar refractivity (Wildman–Crippen MR) is 162 cm³/mol. The molecule has 0 aliphatic carbocycles. The Kier molecular flexibility index (Phi) is 14.9. The molecule has 0 fully saturated rings. The zero-order valence-corrected chi connectivity index (χ0v) is 26.3. The normalized spacial score (nSPS) is 13.5. The summed E-state index contributed by atoms with van der Waals surface area (Å²) >= 11 is 0. The van der Waals surface area contributed by atoms with Crippen LogP contribution in [0.15, 0.2) is 53.6 Å². The molecule has 0 bridgehead atoms. The summed E-state index contributed by atoms with van der Waals surface area (Å²) in [6.07, 6.45) is 2.46. The first-order valence-corrected chi connectivity index (χ1v) is 16.5. The molecule has 0 saturated carbocycles. The number of aliphatic hydroxyl groups is 1. The van der Waals surface area contributed by atoms with Crippen molar-refractivity contribution in [2.75, 3.05) is 33.4 Å². The summed E-state index contributed by atoms with van der Waals surface area (Å²) in [7, 11) is -6.72. The number of benzene rings is 2. The van der Waals surface area contributed by atoms with Crippen molar-refractivity contribution in [3.63, 3.8) is 0 Å². The van der Waals surface area contributed by atoms with Crippen LogP contribution in [-0.2, 0) is 31.7 Å². The largest absolute Gasteiger partial charge is 0.494 e. The molecule has 0 spiro atoms. The Morgan fingerprint density at radius 1 is 1.12 bits per heavy atom. The molecule has 1 unspecified atom stereocenters. The van der Waals surface area contributed by atoms with Crippen LogP contribution in [0.25, 0.3) is 0 Å². The van der Waals surface area contributed by atoms with Crippen molar-refractivity contribution < 1.29 is 48.3 Å². The van der Waals surface area contributed by atoms with E-state index in [1.165, 1.54) is 11.8 Å². The fourth-order valence-corrected chi connectivity index (χ4v) is 5.49. The van der Waals surface area contributed by atoms with Crippen LogP contribution in [0.2, 0.25) is 0 Å². The first-order valence-electron chi connectivity index (χ1n) is 13.6. The van der Waals surface area contributed by atoms with Gasteiger partial charge in [0.1, 0.15) is 5.75 Å². The second kappa shape index (κ2) is 17.5. The highest BCUT2D eigenvalue weighted by Gasteiger charge is 2.51. The summed E-state index contributed by atoms with van der Waals surface area (Å²) in [4.78, 5) is 62.8. The monoisotopic (exact) mass is 641 g/mol. The Hall–Kier alpha value is -2.73. The maximum Gasteiger partial charge on any atom is 0.366 e. The van der Waals surface area contributed by atoms with E-state index in [0.717, 1.165) is 12.0 Å². The maximum absolute atomic E-state index is 12.1. The van der Waals surface area contributed by atoms with E-state index in [-0.39, 0.29) is 13.0 Å². The van der Waals surface area contributed by atoms with Gasteiger partial charge in [-0.25, -0.2) is 5.43 Å². The molecule has 0 aliphatic rings. The molecule has 1 amide bonds. The van der Waals surface area contributed by atoms with E-state index in [0.29, 0.717) is 36.8 Å². The molecule has 2 aromatic rings. The first kappa shape index (κ1) is 36.5. The Bertz CT molecular complexity index is 1250. The number of ether oxygens (including phenoxy) is 2. The molecule has 238 valence electrons. The molecule has 1 atom stereocenters. The quantitative estimate of drug-likeness (QED) is 0.0459. The smallest absolute Gasteiger partial charge is 0.366 e. The van der Waals surface area contributed by atoms with Crippen LogP contribution in [0, 0.1) is 5.92 Å². The molecule has 0 saturated heterocycles. The van der Waals surface area contributed by atoms with Crippen LogP contribution >= 0.6 is 16.0 Å². The number of carbonyl (C=O) groups is 2. The minimum atomic E-state index is -5.14. The highest BCUT2D eigenvalue weighted by molar-refractivity contribution is 7.69. The molecular weight excluding hydrogens is 600 g/mol. The Balaban J connectivity index is 1.69. The maximum atomic E-state index is 12.1. The third-order valence-electron chi connectivity index (χ3n) is 6.21. The van der Waals surface area contributed by atoms with Crippen LogP contribution in [-0.4, -0.2) is 86.1 Å². The molecule has 15 heteroatoms. The number of hydrogen-bond donors (Lipinski definition) is 6. The average Bonchev–Trinajstić information content (AvgIpc) is 2.93. The second-order valence-corrected chi connectivity index (χ2v) is 14.0. The Morgan fingerprint density at radius 2 is 1.79 bits per heavy atom. The summed E-state index contributed by atoms with van der Waals surface area (Å²) in [5.74, 6) is -0.00601. The fourth-order valence-electron chi connectivity index (χ4n) is 3.86. The van der Waals surface area contributed by atoms with Crippen LogP contribution in [0.4, 0.5) is 0 Å². The molecular formula is C28H41N3O10P2. The van der Waals surface area contributed by atoms with E-state index in [1.807, 2.05) is 24.3 Å². The molecule has 13 nitrogen and oxygen atoms in total. The summed E-state index contributed by atoms with van der Waals surface area (Å²) in [6.45, 7) is 4.60. The van der Waals surface area contributed by atoms with Crippen LogP contribution in [0.1, 0.15) is 43.4 Å². The van der Waals surface area contributed by atoms with Gasteiger partial charge in [0.2, 0.25) is 13.5 Å². The zero-order valence-electron chi connectivity index (χ0n) is 24.5. The first-order chi connectivity index (χ1) is 20.2. The minimum Gasteiger partial charge on any atom is -0.494 e. The van der Waals surface area contributed by atoms with Crippen molar-refractivity contribution in [2.45, 2.75) is 44.6 Å². The van der Waals surface area contributed by atoms with Gasteiger partial charge >= 0.3 is 13.6 Å². The highest BCUT2D eigenvalue weighted by Crippen LogP contribution is 2.64. The Labute approximate surface area is 252 Å². The third kappa shape index (κ3) is 13.2. The van der Waals surface area contributed by atoms with E-state index in [2.05, 4.69) is 24.4 Å². The van der Waals surface area contributed by atoms with Gasteiger partial charge in [-0.2, -0.15) is 5.10 Å². The molecule has 0 aromatic heterocycles. The number of amides is 1. The molecule has 0 heterocycles. The SMILES string of the molecule is CC(C)Cc1ccc(CC(=O)OCC(=O)N/N=C/c2cccc(OCCCN(C)CCC(O)(P(O)O)P(=O)(O)O)c2)cc1. The van der Waals surface area contributed by atoms with Crippen molar-refractivity contribution in [3.8, 4) is 5.75 Å². The molecule has 6 N–H and O–H groups in total. The van der Waals surface area contributed by atoms with Gasteiger partial charge in [0.15, 0.2) is 6.61 Å². The van der Waals surface area contributed by atoms with Crippen molar-refractivity contribution in [2.24, 2.45) is 11.0 Å². The summed E-state index contributed by atoms with van der Waals surface area (Å²) in [6, 6.07) is 14.7. The van der Waals surface area contributed by atoms with E-state index >= 15 is 0 Å². The second-order valence-electron chi connectivity index (χ2n) is 10.5. The molecule has 43 heavy (non-hydrogen) atoms. The number of carbonyl (C=O) groups excluding carboxylic acids is 2. The van der Waals surface area contributed by atoms with Gasteiger partial charge < -0.3 is 39.1 Å². The van der Waals surface area contributed by atoms with E-state index < -0.39 is 46.0 Å². The number of nitrogens with zero attached hydrogens (tertiary/aromatic N) is 2. The lowest BCUT2D eigenvalue weighted by molar-refractivity contribution is -0.147. The van der Waals surface area contributed by atoms with Gasteiger partial charge in [0.25, 0.3) is 5.91 Å². The number of hydrogen-bond acceptors (Lipinski definition) is 10. The van der Waals surface area contributed by atoms with Crippen LogP contribution in [0.3, 0.4) is 0 Å². The number of esters is 1. The van der Waals surface area contributed by atoms with E-state index in [9.17, 15) is 38.8 Å². The van der Waals surface area contributed by atoms with Crippen molar-refractivity contribution >= 4 is 34.1 Å². The summed E-state index contributed by atoms with van der Waals surface area (Å²) in [5, 5.41) is 11.0. The standard InChI is InChI=1S/C28H41N3O10P2/c1-21(2)16-22-8-10-23(11-9-22)18-27(33)41-20-26(32)30-29-19-24-6-4-7-25(17-24)40-15-5-13-31(3)14-12-28(34,42(35)36)43(37,38)39/h4,6-11,17,19,21,34-36H,5,12-16,18,20H2,1-3H3,(H,30,32)(H2,37,38,39)/b29-19+. The van der Waals surface area contributed by atoms with Gasteiger partial charge in [-0.05, 0) is 54.6 Å². The van der Waals surface area contributed by atoms with E-state index in [1.54, 1.807) is 36.2 Å². The molecule has 2 rings (SSSR count). The lowest BCUT2D eigenvalue weighted by Gasteiger charge is -2.30. The van der Waals surface area contributed by atoms with Crippen LogP contribution in [0.5, 0.6) is 5.75 Å². The van der Waals surface area contributed by atoms with Crippen LogP contribution < -0.4 is 10.2 Å². The number of rotatable bonds is 18. The summed E-state index contributed by atoms with van der Waals surface area (Å²) in [5.41, 5.74) is 4.96. The summed E-state index contributed by atoms with van der Waals surface area (Å²) < 4.78 is 22.2. The minimum absolute atomic E-state index is 0.0186. The average molecular weight is 642 g/mol.